The molecule has 0 aromatic heterocycles. The molecule has 18 heavy (non-hydrogen) atoms. The molecule has 2 aromatic rings. The van der Waals surface area contributed by atoms with Gasteiger partial charge in [0.25, 0.3) is 0 Å². The van der Waals surface area contributed by atoms with Gasteiger partial charge in [0.1, 0.15) is 0 Å². The Bertz CT molecular complexity index is 432. The fourth-order valence-electron chi connectivity index (χ4n) is 2.19. The molecule has 94 valence electrons. The van der Waals surface area contributed by atoms with Gasteiger partial charge in [0.05, 0.1) is 0 Å². The molecule has 2 heteroatoms. The van der Waals surface area contributed by atoms with E-state index in [1.807, 2.05) is 60.7 Å². The molecule has 0 spiro atoms. The average molecular weight is 242 g/mol. The van der Waals surface area contributed by atoms with Crippen LogP contribution in [-0.4, -0.2) is 16.0 Å². The van der Waals surface area contributed by atoms with Gasteiger partial charge in [-0.15, -0.1) is 0 Å². The van der Waals surface area contributed by atoms with E-state index in [9.17, 15) is 10.2 Å². The SMILES string of the molecule is CC(O)(O)CC(c1ccccc1)c1ccccc1. The number of aliphatic hydroxyl groups is 2. The van der Waals surface area contributed by atoms with Crippen LogP contribution in [0.4, 0.5) is 0 Å². The van der Waals surface area contributed by atoms with E-state index in [1.54, 1.807) is 0 Å². The summed E-state index contributed by atoms with van der Waals surface area (Å²) < 4.78 is 0. The largest absolute Gasteiger partial charge is 0.366 e. The summed E-state index contributed by atoms with van der Waals surface area (Å²) in [7, 11) is 0. The van der Waals surface area contributed by atoms with E-state index >= 15 is 0 Å². The maximum Gasteiger partial charge on any atom is 0.160 e. The highest BCUT2D eigenvalue weighted by atomic mass is 16.5. The zero-order valence-corrected chi connectivity index (χ0v) is 10.5. The highest BCUT2D eigenvalue weighted by molar-refractivity contribution is 5.32. The first-order chi connectivity index (χ1) is 8.56. The molecule has 2 rings (SSSR count). The first kappa shape index (κ1) is 12.8. The van der Waals surface area contributed by atoms with Crippen molar-refractivity contribution in [3.63, 3.8) is 0 Å². The lowest BCUT2D eigenvalue weighted by atomic mass is 9.86. The number of hydrogen-bond acceptors (Lipinski definition) is 2. The second kappa shape index (κ2) is 5.34. The first-order valence-corrected chi connectivity index (χ1v) is 6.11. The van der Waals surface area contributed by atoms with Gasteiger partial charge in [0.2, 0.25) is 0 Å². The molecule has 0 unspecified atom stereocenters. The normalized spacial score (nSPS) is 11.8. The third kappa shape index (κ3) is 3.42. The Balaban J connectivity index is 2.36. The Morgan fingerprint density at radius 1 is 0.833 bits per heavy atom. The summed E-state index contributed by atoms with van der Waals surface area (Å²) in [6.45, 7) is 1.42. The van der Waals surface area contributed by atoms with Crippen molar-refractivity contribution >= 4 is 0 Å². The van der Waals surface area contributed by atoms with Gasteiger partial charge in [-0.1, -0.05) is 60.7 Å². The zero-order chi connectivity index (χ0) is 13.0. The molecular formula is C16H18O2. The first-order valence-electron chi connectivity index (χ1n) is 6.11. The van der Waals surface area contributed by atoms with Gasteiger partial charge in [-0.25, -0.2) is 0 Å². The van der Waals surface area contributed by atoms with E-state index in [0.717, 1.165) is 11.1 Å². The van der Waals surface area contributed by atoms with Crippen LogP contribution in [0.5, 0.6) is 0 Å². The monoisotopic (exact) mass is 242 g/mol. The van der Waals surface area contributed by atoms with Gasteiger partial charge >= 0.3 is 0 Å². The Labute approximate surface area is 108 Å². The highest BCUT2D eigenvalue weighted by Gasteiger charge is 2.24. The Kier molecular flexibility index (Phi) is 3.80. The van der Waals surface area contributed by atoms with Crippen LogP contribution in [0.15, 0.2) is 60.7 Å². The highest BCUT2D eigenvalue weighted by Crippen LogP contribution is 2.31. The lowest BCUT2D eigenvalue weighted by molar-refractivity contribution is -0.151. The number of benzene rings is 2. The molecule has 2 aromatic carbocycles. The molecule has 0 fully saturated rings. The molecule has 0 aliphatic carbocycles. The van der Waals surface area contributed by atoms with Crippen molar-refractivity contribution in [2.75, 3.05) is 0 Å². The summed E-state index contributed by atoms with van der Waals surface area (Å²) in [4.78, 5) is 0. The average Bonchev–Trinajstić information content (AvgIpc) is 2.37. The van der Waals surface area contributed by atoms with Gasteiger partial charge in [0.15, 0.2) is 5.79 Å². The van der Waals surface area contributed by atoms with Gasteiger partial charge in [-0.3, -0.25) is 0 Å². The molecule has 0 aliphatic rings. The van der Waals surface area contributed by atoms with E-state index in [2.05, 4.69) is 0 Å². The van der Waals surface area contributed by atoms with Crippen molar-refractivity contribution < 1.29 is 10.2 Å². The molecule has 0 aliphatic heterocycles. The number of hydrogen-bond donors (Lipinski definition) is 2. The second-order valence-electron chi connectivity index (χ2n) is 4.80. The topological polar surface area (TPSA) is 40.5 Å². The third-order valence-corrected chi connectivity index (χ3v) is 2.99. The van der Waals surface area contributed by atoms with Crippen molar-refractivity contribution in [3.8, 4) is 0 Å². The predicted molar refractivity (Wildman–Crippen MR) is 72.2 cm³/mol. The molecule has 0 amide bonds. The molecule has 0 heterocycles. The molecule has 0 saturated carbocycles. The molecule has 0 atom stereocenters. The van der Waals surface area contributed by atoms with Crippen LogP contribution in [0, 0.1) is 0 Å². The molecule has 0 radical (unpaired) electrons. The molecule has 2 nitrogen and oxygen atoms in total. The van der Waals surface area contributed by atoms with E-state index in [4.69, 9.17) is 0 Å². The van der Waals surface area contributed by atoms with Crippen molar-refractivity contribution in [3.05, 3.63) is 71.8 Å². The van der Waals surface area contributed by atoms with E-state index < -0.39 is 5.79 Å². The standard InChI is InChI=1S/C16H18O2/c1-16(17,18)12-15(13-8-4-2-5-9-13)14-10-6-3-7-11-14/h2-11,15,17-18H,12H2,1H3. The van der Waals surface area contributed by atoms with Crippen LogP contribution in [-0.2, 0) is 0 Å². The van der Waals surface area contributed by atoms with Crippen LogP contribution in [0.1, 0.15) is 30.4 Å². The van der Waals surface area contributed by atoms with E-state index in [0.29, 0.717) is 0 Å². The lowest BCUT2D eigenvalue weighted by Crippen LogP contribution is -2.26. The Morgan fingerprint density at radius 3 is 1.56 bits per heavy atom. The molecule has 2 N–H and O–H groups in total. The minimum Gasteiger partial charge on any atom is -0.366 e. The van der Waals surface area contributed by atoms with Gasteiger partial charge in [-0.05, 0) is 18.1 Å². The summed E-state index contributed by atoms with van der Waals surface area (Å²) >= 11 is 0. The van der Waals surface area contributed by atoms with Crippen molar-refractivity contribution in [2.45, 2.75) is 25.0 Å². The molecule has 0 bridgehead atoms. The van der Waals surface area contributed by atoms with E-state index in [-0.39, 0.29) is 12.3 Å². The summed E-state index contributed by atoms with van der Waals surface area (Å²) in [5, 5.41) is 19.3. The fraction of sp³-hybridized carbons (Fsp3) is 0.250. The van der Waals surface area contributed by atoms with Crippen LogP contribution in [0.25, 0.3) is 0 Å². The zero-order valence-electron chi connectivity index (χ0n) is 10.5. The Morgan fingerprint density at radius 2 is 1.22 bits per heavy atom. The van der Waals surface area contributed by atoms with Crippen LogP contribution in [0.2, 0.25) is 0 Å². The van der Waals surface area contributed by atoms with Gasteiger partial charge in [-0.2, -0.15) is 0 Å². The van der Waals surface area contributed by atoms with Crippen molar-refractivity contribution in [2.24, 2.45) is 0 Å². The maximum atomic E-state index is 9.67. The van der Waals surface area contributed by atoms with Crippen LogP contribution < -0.4 is 0 Å². The van der Waals surface area contributed by atoms with Gasteiger partial charge in [0, 0.05) is 12.3 Å². The van der Waals surface area contributed by atoms with Crippen molar-refractivity contribution in [1.82, 2.24) is 0 Å². The fourth-order valence-corrected chi connectivity index (χ4v) is 2.19. The maximum absolute atomic E-state index is 9.67. The summed E-state index contributed by atoms with van der Waals surface area (Å²) in [6.07, 6.45) is 0.279. The van der Waals surface area contributed by atoms with E-state index in [1.165, 1.54) is 6.92 Å². The van der Waals surface area contributed by atoms with Crippen LogP contribution >= 0.6 is 0 Å². The predicted octanol–water partition coefficient (Wildman–Crippen LogP) is 2.91. The minimum atomic E-state index is -1.67. The third-order valence-electron chi connectivity index (χ3n) is 2.99. The summed E-state index contributed by atoms with van der Waals surface area (Å²) in [5.41, 5.74) is 2.19. The number of rotatable bonds is 4. The van der Waals surface area contributed by atoms with Crippen LogP contribution in [0.3, 0.4) is 0 Å². The molecular weight excluding hydrogens is 224 g/mol. The van der Waals surface area contributed by atoms with Gasteiger partial charge < -0.3 is 10.2 Å². The smallest absolute Gasteiger partial charge is 0.160 e. The molecule has 0 saturated heterocycles. The van der Waals surface area contributed by atoms with Crippen molar-refractivity contribution in [1.29, 1.82) is 0 Å². The summed E-state index contributed by atoms with van der Waals surface area (Å²) in [5.74, 6) is -1.68. The summed E-state index contributed by atoms with van der Waals surface area (Å²) in [6, 6.07) is 19.9. The quantitative estimate of drug-likeness (QED) is 0.809. The minimum absolute atomic E-state index is 0.00704. The second-order valence-corrected chi connectivity index (χ2v) is 4.80. The Hall–Kier alpha value is -1.64. The lowest BCUT2D eigenvalue weighted by Gasteiger charge is -2.24.